The molecular formula is C41H56Hf2. The largest absolute Gasteiger partial charge is 4.00 e. The van der Waals surface area contributed by atoms with Gasteiger partial charge < -0.3 is 0 Å². The van der Waals surface area contributed by atoms with E-state index in [0.717, 1.165) is 16.7 Å². The monoisotopic (exact) mass is 908 g/mol. The summed E-state index contributed by atoms with van der Waals surface area (Å²) in [6.07, 6.45) is 12.9. The third-order valence-corrected chi connectivity index (χ3v) is 6.85. The van der Waals surface area contributed by atoms with E-state index in [2.05, 4.69) is 55.4 Å². The van der Waals surface area contributed by atoms with Crippen LogP contribution in [0.2, 0.25) is 0 Å². The number of hydrogen-bond acceptors (Lipinski definition) is 0. The van der Waals surface area contributed by atoms with Crippen LogP contribution in [0, 0.1) is 20.8 Å². The number of hydrogen-bond donors (Lipinski definition) is 0. The molecule has 43 heavy (non-hydrogen) atoms. The van der Waals surface area contributed by atoms with Gasteiger partial charge in [0.1, 0.15) is 0 Å². The Morgan fingerprint density at radius 2 is 0.721 bits per heavy atom. The summed E-state index contributed by atoms with van der Waals surface area (Å²) in [5.41, 5.74) is 12.0. The van der Waals surface area contributed by atoms with Crippen LogP contribution < -0.4 is 0 Å². The van der Waals surface area contributed by atoms with Crippen LogP contribution in [0.3, 0.4) is 0 Å². The third-order valence-electron chi connectivity index (χ3n) is 6.85. The molecule has 0 fully saturated rings. The first-order valence-corrected chi connectivity index (χ1v) is 15.8. The molecule has 2 heteroatoms. The molecule has 0 saturated heterocycles. The van der Waals surface area contributed by atoms with Crippen LogP contribution in [0.25, 0.3) is 0 Å². The average molecular weight is 906 g/mol. The van der Waals surface area contributed by atoms with Crippen molar-refractivity contribution >= 4 is 0 Å². The first kappa shape index (κ1) is 43.5. The van der Waals surface area contributed by atoms with Crippen molar-refractivity contribution in [3.05, 3.63) is 156 Å². The second-order valence-electron chi connectivity index (χ2n) is 10.6. The van der Waals surface area contributed by atoms with Crippen LogP contribution in [0.15, 0.2) is 91.0 Å². The summed E-state index contributed by atoms with van der Waals surface area (Å²) in [5.74, 6) is 0. The number of benzene rings is 3. The van der Waals surface area contributed by atoms with Gasteiger partial charge in [0.25, 0.3) is 0 Å². The molecule has 0 bridgehead atoms. The van der Waals surface area contributed by atoms with Gasteiger partial charge in [-0.1, -0.05) is 117 Å². The molecule has 0 heterocycles. The van der Waals surface area contributed by atoms with Gasteiger partial charge in [0.05, 0.1) is 0 Å². The second-order valence-corrected chi connectivity index (χ2v) is 10.6. The van der Waals surface area contributed by atoms with Gasteiger partial charge in [-0.25, -0.2) is 0 Å². The average Bonchev–Trinajstić information content (AvgIpc) is 3.23. The van der Waals surface area contributed by atoms with Gasteiger partial charge in [-0.2, -0.15) is 102 Å². The normalized spacial score (nSPS) is 9.42. The van der Waals surface area contributed by atoms with Crippen molar-refractivity contribution in [3.8, 4) is 0 Å². The van der Waals surface area contributed by atoms with Crippen molar-refractivity contribution < 1.29 is 51.7 Å². The molecule has 0 aliphatic heterocycles. The van der Waals surface area contributed by atoms with Crippen molar-refractivity contribution in [1.82, 2.24) is 0 Å². The van der Waals surface area contributed by atoms with E-state index in [1.54, 1.807) is 27.8 Å². The number of rotatable bonds is 10. The Hall–Kier alpha value is -1.64. The van der Waals surface area contributed by atoms with Gasteiger partial charge in [0.2, 0.25) is 0 Å². The van der Waals surface area contributed by atoms with Gasteiger partial charge in [-0.05, 0) is 0 Å². The first-order chi connectivity index (χ1) is 19.9. The molecule has 0 atom stereocenters. The van der Waals surface area contributed by atoms with Crippen molar-refractivity contribution in [2.75, 3.05) is 0 Å². The molecule has 0 nitrogen and oxygen atoms in total. The minimum absolute atomic E-state index is 0. The minimum atomic E-state index is 0. The van der Waals surface area contributed by atoms with Crippen molar-refractivity contribution in [2.45, 2.75) is 98.8 Å². The zero-order chi connectivity index (χ0) is 30.3. The van der Waals surface area contributed by atoms with Crippen LogP contribution in [-0.2, 0) is 83.8 Å². The zero-order valence-electron chi connectivity index (χ0n) is 27.9. The third kappa shape index (κ3) is 18.1. The summed E-state index contributed by atoms with van der Waals surface area (Å²) >= 11 is 0. The second kappa shape index (κ2) is 27.9. The molecule has 0 radical (unpaired) electrons. The van der Waals surface area contributed by atoms with E-state index < -0.39 is 0 Å². The summed E-state index contributed by atoms with van der Waals surface area (Å²) < 4.78 is 0. The Morgan fingerprint density at radius 1 is 0.442 bits per heavy atom. The Balaban J connectivity index is 0. The fourth-order valence-corrected chi connectivity index (χ4v) is 5.10. The fraction of sp³-hybridized carbons (Fsp3) is 0.366. The van der Waals surface area contributed by atoms with Crippen LogP contribution in [0.4, 0.5) is 0 Å². The molecule has 0 aromatic heterocycles. The molecule has 4 aromatic carbocycles. The Morgan fingerprint density at radius 3 is 0.907 bits per heavy atom. The van der Waals surface area contributed by atoms with Gasteiger partial charge in [-0.15, -0.1) is 36.4 Å². The standard InChI is InChI=1S/C20H35.3C7H7.2Hf/c1-6-11-16-17(12-7-2)19(14-9-4)20(15-10-5)18(16)13-8-3;3*1-7-5-3-2-4-6-7;;/h6-15H2,1-5H3;3*2-6H,1H2;;/q4*-1;;+4. The molecule has 4 rings (SSSR count). The fourth-order valence-electron chi connectivity index (χ4n) is 5.10. The quantitative estimate of drug-likeness (QED) is 0.110. The molecule has 0 amide bonds. The Kier molecular flexibility index (Phi) is 28.2. The van der Waals surface area contributed by atoms with E-state index >= 15 is 0 Å². The minimum Gasteiger partial charge on any atom is -0.199 e. The van der Waals surface area contributed by atoms with Gasteiger partial charge in [-0.3, -0.25) is 0 Å². The van der Waals surface area contributed by atoms with Crippen molar-refractivity contribution in [2.24, 2.45) is 0 Å². The van der Waals surface area contributed by atoms with Gasteiger partial charge in [0, 0.05) is 25.8 Å². The maximum atomic E-state index is 3.72. The molecule has 0 saturated carbocycles. The van der Waals surface area contributed by atoms with Crippen LogP contribution >= 0.6 is 0 Å². The topological polar surface area (TPSA) is 0 Å². The molecule has 0 unspecified atom stereocenters. The van der Waals surface area contributed by atoms with Gasteiger partial charge in [0.15, 0.2) is 0 Å². The molecule has 0 spiro atoms. The molecule has 0 aliphatic carbocycles. The maximum absolute atomic E-state index is 3.72. The first-order valence-electron chi connectivity index (χ1n) is 15.8. The smallest absolute Gasteiger partial charge is 0.199 e. The van der Waals surface area contributed by atoms with Gasteiger partial charge >= 0.3 is 25.8 Å². The molecule has 4 aromatic rings. The summed E-state index contributed by atoms with van der Waals surface area (Å²) in [5, 5.41) is 0. The Bertz CT molecular complexity index is 952. The predicted octanol–water partition coefficient (Wildman–Crippen LogP) is 11.8. The zero-order valence-corrected chi connectivity index (χ0v) is 35.0. The van der Waals surface area contributed by atoms with Crippen LogP contribution in [0.5, 0.6) is 0 Å². The molecular weight excluding hydrogens is 849 g/mol. The van der Waals surface area contributed by atoms with E-state index in [4.69, 9.17) is 0 Å². The SMILES string of the molecule is CCCc1c(CCC)c(CCC)[c-](CCC)c1CCC.[CH2-]c1ccccc1.[CH2-]c1ccccc1.[CH2-]c1ccccc1.[Hf+4].[Hf]. The molecule has 0 aliphatic rings. The molecule has 0 N–H and O–H groups in total. The van der Waals surface area contributed by atoms with E-state index in [9.17, 15) is 0 Å². The van der Waals surface area contributed by atoms with E-state index in [1.807, 2.05) is 91.0 Å². The summed E-state index contributed by atoms with van der Waals surface area (Å²) in [6.45, 7) is 22.8. The summed E-state index contributed by atoms with van der Waals surface area (Å²) in [4.78, 5) is 0. The predicted molar refractivity (Wildman–Crippen MR) is 185 cm³/mol. The van der Waals surface area contributed by atoms with E-state index in [0.29, 0.717) is 0 Å². The van der Waals surface area contributed by atoms with Crippen LogP contribution in [0.1, 0.15) is 111 Å². The Labute approximate surface area is 304 Å². The van der Waals surface area contributed by atoms with Crippen LogP contribution in [-0.4, -0.2) is 0 Å². The summed E-state index contributed by atoms with van der Waals surface area (Å²) in [7, 11) is 0. The maximum Gasteiger partial charge on any atom is 4.00 e. The van der Waals surface area contributed by atoms with E-state index in [1.165, 1.54) is 64.2 Å². The van der Waals surface area contributed by atoms with E-state index in [-0.39, 0.29) is 51.7 Å². The van der Waals surface area contributed by atoms with Crippen molar-refractivity contribution in [1.29, 1.82) is 0 Å². The molecule has 228 valence electrons. The van der Waals surface area contributed by atoms with Crippen molar-refractivity contribution in [3.63, 3.8) is 0 Å². The summed E-state index contributed by atoms with van der Waals surface area (Å²) in [6, 6.07) is 29.6.